The molecule has 8 heteroatoms. The zero-order valence-corrected chi connectivity index (χ0v) is 16.1. The molecule has 0 bridgehead atoms. The van der Waals surface area contributed by atoms with Gasteiger partial charge in [-0.15, -0.1) is 0 Å². The van der Waals surface area contributed by atoms with Gasteiger partial charge in [-0.05, 0) is 55.4 Å². The van der Waals surface area contributed by atoms with E-state index in [1.165, 1.54) is 30.4 Å². The van der Waals surface area contributed by atoms with E-state index in [1.54, 1.807) is 17.1 Å². The largest absolute Gasteiger partial charge is 0.369 e. The predicted molar refractivity (Wildman–Crippen MR) is 112 cm³/mol. The highest BCUT2D eigenvalue weighted by molar-refractivity contribution is 5.99. The molecule has 2 aliphatic rings. The Morgan fingerprint density at radius 2 is 1.66 bits per heavy atom. The van der Waals surface area contributed by atoms with Crippen molar-refractivity contribution in [3.05, 3.63) is 54.1 Å². The fourth-order valence-electron chi connectivity index (χ4n) is 4.01. The Kier molecular flexibility index (Phi) is 4.59. The molecule has 148 valence electrons. The number of aryl methyl sites for hydroxylation is 2. The third kappa shape index (κ3) is 3.78. The number of aromatic nitrogens is 4. The second-order valence-corrected chi connectivity index (χ2v) is 7.53. The first-order valence-electron chi connectivity index (χ1n) is 10.1. The molecule has 5 rings (SSSR count). The number of benzene rings is 1. The maximum Gasteiger partial charge on any atom is 0.323 e. The Bertz CT molecular complexity index is 1020. The molecule has 1 aliphatic heterocycles. The summed E-state index contributed by atoms with van der Waals surface area (Å²) in [6, 6.07) is 5.80. The summed E-state index contributed by atoms with van der Waals surface area (Å²) < 4.78 is 1.55. The Morgan fingerprint density at radius 3 is 2.48 bits per heavy atom. The van der Waals surface area contributed by atoms with Crippen molar-refractivity contribution in [3.8, 4) is 5.95 Å². The van der Waals surface area contributed by atoms with Gasteiger partial charge in [0.25, 0.3) is 5.95 Å². The number of anilines is 3. The SMILES string of the molecule is O=C(Nc1ccc2c(c1)CCC2)Nc1cnn(-c2ncc(N3CCCC3)cn2)c1. The first-order valence-corrected chi connectivity index (χ1v) is 10.1. The molecule has 0 radical (unpaired) electrons. The number of hydrogen-bond acceptors (Lipinski definition) is 5. The van der Waals surface area contributed by atoms with Gasteiger partial charge in [-0.3, -0.25) is 0 Å². The molecule has 8 nitrogen and oxygen atoms in total. The number of carbonyl (C=O) groups excluding carboxylic acids is 1. The van der Waals surface area contributed by atoms with Gasteiger partial charge < -0.3 is 15.5 Å². The van der Waals surface area contributed by atoms with Crippen LogP contribution in [0.15, 0.2) is 43.0 Å². The van der Waals surface area contributed by atoms with Crippen LogP contribution < -0.4 is 15.5 Å². The zero-order chi connectivity index (χ0) is 19.6. The summed E-state index contributed by atoms with van der Waals surface area (Å²) in [7, 11) is 0. The summed E-state index contributed by atoms with van der Waals surface area (Å²) >= 11 is 0. The molecule has 3 aromatic rings. The van der Waals surface area contributed by atoms with Crippen molar-refractivity contribution in [2.75, 3.05) is 28.6 Å². The van der Waals surface area contributed by atoms with E-state index in [2.05, 4.69) is 42.7 Å². The van der Waals surface area contributed by atoms with Crippen LogP contribution in [-0.4, -0.2) is 38.9 Å². The molecular weight excluding hydrogens is 366 g/mol. The normalized spacial score (nSPS) is 15.4. The van der Waals surface area contributed by atoms with Crippen molar-refractivity contribution < 1.29 is 4.79 Å². The van der Waals surface area contributed by atoms with Crippen LogP contribution >= 0.6 is 0 Å². The molecule has 2 aromatic heterocycles. The van der Waals surface area contributed by atoms with E-state index in [1.807, 2.05) is 18.5 Å². The molecular formula is C21H23N7O. The van der Waals surface area contributed by atoms with Crippen LogP contribution in [0.1, 0.15) is 30.4 Å². The topological polar surface area (TPSA) is 88.0 Å². The molecule has 0 unspecified atom stereocenters. The van der Waals surface area contributed by atoms with Crippen LogP contribution in [0.25, 0.3) is 5.95 Å². The lowest BCUT2D eigenvalue weighted by molar-refractivity contribution is 0.262. The Hall–Kier alpha value is -3.42. The molecule has 3 heterocycles. The van der Waals surface area contributed by atoms with Gasteiger partial charge in [0.1, 0.15) is 0 Å². The highest BCUT2D eigenvalue weighted by Crippen LogP contribution is 2.25. The summed E-state index contributed by atoms with van der Waals surface area (Å²) in [6.45, 7) is 2.11. The van der Waals surface area contributed by atoms with E-state index >= 15 is 0 Å². The van der Waals surface area contributed by atoms with Crippen molar-refractivity contribution in [2.45, 2.75) is 32.1 Å². The lowest BCUT2D eigenvalue weighted by Gasteiger charge is -2.16. The van der Waals surface area contributed by atoms with Gasteiger partial charge in [-0.1, -0.05) is 6.07 Å². The van der Waals surface area contributed by atoms with Crippen LogP contribution in [0.3, 0.4) is 0 Å². The Labute approximate surface area is 169 Å². The fraction of sp³-hybridized carbons (Fsp3) is 0.333. The van der Waals surface area contributed by atoms with Crippen molar-refractivity contribution >= 4 is 23.1 Å². The van der Waals surface area contributed by atoms with Crippen LogP contribution in [0.5, 0.6) is 0 Å². The van der Waals surface area contributed by atoms with Gasteiger partial charge in [0.05, 0.1) is 36.2 Å². The number of carbonyl (C=O) groups is 1. The smallest absolute Gasteiger partial charge is 0.323 e. The maximum atomic E-state index is 12.3. The summed E-state index contributed by atoms with van der Waals surface area (Å²) in [5.41, 5.74) is 5.12. The third-order valence-electron chi connectivity index (χ3n) is 5.50. The fourth-order valence-corrected chi connectivity index (χ4v) is 4.01. The molecule has 0 saturated carbocycles. The van der Waals surface area contributed by atoms with Gasteiger partial charge >= 0.3 is 6.03 Å². The monoisotopic (exact) mass is 389 g/mol. The third-order valence-corrected chi connectivity index (χ3v) is 5.50. The molecule has 2 amide bonds. The number of hydrogen-bond donors (Lipinski definition) is 2. The minimum Gasteiger partial charge on any atom is -0.369 e. The van der Waals surface area contributed by atoms with Crippen molar-refractivity contribution in [1.82, 2.24) is 19.7 Å². The maximum absolute atomic E-state index is 12.3. The summed E-state index contributed by atoms with van der Waals surface area (Å²) in [5, 5.41) is 9.95. The molecule has 0 atom stereocenters. The van der Waals surface area contributed by atoms with Crippen LogP contribution in [-0.2, 0) is 12.8 Å². The molecule has 1 saturated heterocycles. The molecule has 1 aliphatic carbocycles. The van der Waals surface area contributed by atoms with E-state index in [4.69, 9.17) is 0 Å². The predicted octanol–water partition coefficient (Wildman–Crippen LogP) is 3.40. The quantitative estimate of drug-likeness (QED) is 0.714. The van der Waals surface area contributed by atoms with Crippen molar-refractivity contribution in [3.63, 3.8) is 0 Å². The average molecular weight is 389 g/mol. The van der Waals surface area contributed by atoms with Gasteiger partial charge in [-0.2, -0.15) is 5.10 Å². The highest BCUT2D eigenvalue weighted by Gasteiger charge is 2.14. The number of fused-ring (bicyclic) bond motifs is 1. The summed E-state index contributed by atoms with van der Waals surface area (Å²) in [5.74, 6) is 0.472. The van der Waals surface area contributed by atoms with Gasteiger partial charge in [0, 0.05) is 18.8 Å². The minimum atomic E-state index is -0.298. The summed E-state index contributed by atoms with van der Waals surface area (Å²) in [6.07, 6.45) is 12.7. The summed E-state index contributed by atoms with van der Waals surface area (Å²) in [4.78, 5) is 23.4. The van der Waals surface area contributed by atoms with Crippen LogP contribution in [0.4, 0.5) is 21.9 Å². The van der Waals surface area contributed by atoms with Crippen molar-refractivity contribution in [2.24, 2.45) is 0 Å². The minimum absolute atomic E-state index is 0.298. The first-order chi connectivity index (χ1) is 14.2. The highest BCUT2D eigenvalue weighted by atomic mass is 16.2. The number of rotatable bonds is 4. The Morgan fingerprint density at radius 1 is 0.897 bits per heavy atom. The van der Waals surface area contributed by atoms with E-state index < -0.39 is 0 Å². The van der Waals surface area contributed by atoms with Crippen molar-refractivity contribution in [1.29, 1.82) is 0 Å². The van der Waals surface area contributed by atoms with E-state index in [9.17, 15) is 4.79 Å². The van der Waals surface area contributed by atoms with Gasteiger partial charge in [0.15, 0.2) is 0 Å². The van der Waals surface area contributed by atoms with Gasteiger partial charge in [-0.25, -0.2) is 19.4 Å². The van der Waals surface area contributed by atoms with E-state index in [0.717, 1.165) is 37.3 Å². The van der Waals surface area contributed by atoms with Gasteiger partial charge in [0.2, 0.25) is 0 Å². The number of nitrogens with zero attached hydrogens (tertiary/aromatic N) is 5. The zero-order valence-electron chi connectivity index (χ0n) is 16.1. The average Bonchev–Trinajstić information content (AvgIpc) is 3.49. The lowest BCUT2D eigenvalue weighted by Crippen LogP contribution is -2.19. The van der Waals surface area contributed by atoms with Crippen LogP contribution in [0, 0.1) is 0 Å². The first kappa shape index (κ1) is 17.7. The molecule has 29 heavy (non-hydrogen) atoms. The van der Waals surface area contributed by atoms with Crippen LogP contribution in [0.2, 0.25) is 0 Å². The lowest BCUT2D eigenvalue weighted by atomic mass is 10.1. The number of urea groups is 1. The molecule has 1 fully saturated rings. The second-order valence-electron chi connectivity index (χ2n) is 7.53. The molecule has 1 aromatic carbocycles. The van der Waals surface area contributed by atoms with E-state index in [0.29, 0.717) is 11.6 Å². The number of nitrogens with one attached hydrogen (secondary N) is 2. The number of amides is 2. The molecule has 2 N–H and O–H groups in total. The molecule has 0 spiro atoms. The standard InChI is InChI=1S/C21H23N7O/c29-21(25-17-7-6-15-4-3-5-16(15)10-17)26-18-11-24-28(14-18)20-22-12-19(13-23-20)27-8-1-2-9-27/h6-7,10-14H,1-5,8-9H2,(H2,25,26,29). The second kappa shape index (κ2) is 7.54. The van der Waals surface area contributed by atoms with E-state index in [-0.39, 0.29) is 6.03 Å². The Balaban J connectivity index is 1.22.